The van der Waals surface area contributed by atoms with Crippen molar-refractivity contribution in [1.29, 1.82) is 0 Å². The maximum absolute atomic E-state index is 3.30. The minimum atomic E-state index is 0. The third-order valence-corrected chi connectivity index (χ3v) is 3.20. The van der Waals surface area contributed by atoms with Crippen LogP contribution in [-0.4, -0.2) is 23.9 Å². The zero-order valence-corrected chi connectivity index (χ0v) is 15.4. The molecule has 0 amide bonds. The molecule has 2 atom stereocenters. The van der Waals surface area contributed by atoms with Gasteiger partial charge in [-0.25, -0.2) is 0 Å². The summed E-state index contributed by atoms with van der Waals surface area (Å²) in [5, 5.41) is 0. The second kappa shape index (κ2) is 10.4. The molecule has 2 radical (unpaired) electrons. The summed E-state index contributed by atoms with van der Waals surface area (Å²) in [7, 11) is 0. The van der Waals surface area contributed by atoms with Crippen molar-refractivity contribution in [3.63, 3.8) is 0 Å². The van der Waals surface area contributed by atoms with E-state index in [9.17, 15) is 0 Å². The molecule has 0 saturated heterocycles. The first-order valence-corrected chi connectivity index (χ1v) is 5.72. The van der Waals surface area contributed by atoms with Crippen LogP contribution in [0.1, 0.15) is 13.8 Å². The molecule has 2 aliphatic carbocycles. The summed E-state index contributed by atoms with van der Waals surface area (Å²) in [5.41, 5.74) is 5.85. The van der Waals surface area contributed by atoms with Crippen molar-refractivity contribution >= 4 is 23.9 Å². The Morgan fingerprint density at radius 1 is 1.16 bits per heavy atom. The van der Waals surface area contributed by atoms with Gasteiger partial charge in [-0.1, -0.05) is 13.8 Å². The maximum atomic E-state index is 3.30. The van der Waals surface area contributed by atoms with Crippen molar-refractivity contribution in [2.45, 2.75) is 13.8 Å². The SMILES string of the molecule is C[C@@H](C1=C=C[CH-]C=C1)[C@@H](C)C1=CC=CC=[C+]1.[Cl-].[Cl-].[Sn+2]. The van der Waals surface area contributed by atoms with Crippen LogP contribution in [0.5, 0.6) is 0 Å². The van der Waals surface area contributed by atoms with E-state index >= 15 is 0 Å². The van der Waals surface area contributed by atoms with Crippen molar-refractivity contribution in [2.24, 2.45) is 11.8 Å². The molecule has 0 unspecified atom stereocenters. The second-order valence-corrected chi connectivity index (χ2v) is 4.21. The summed E-state index contributed by atoms with van der Waals surface area (Å²) in [6.07, 6.45) is 19.7. The molecule has 0 N–H and O–H groups in total. The van der Waals surface area contributed by atoms with Gasteiger partial charge in [0.2, 0.25) is 0 Å². The third-order valence-electron chi connectivity index (χ3n) is 3.20. The van der Waals surface area contributed by atoms with Crippen LogP contribution in [0, 0.1) is 24.3 Å². The van der Waals surface area contributed by atoms with E-state index in [1.54, 1.807) is 0 Å². The Morgan fingerprint density at radius 2 is 1.89 bits per heavy atom. The standard InChI is InChI=1S/C16H16.2ClH.Sn/c1-13(15-9-5-3-6-10-15)14(2)16-11-7-4-8-12-16;;;/h3-9,11,13-14H,1-2H3;2*1H;/q;;;+2/p-2/t13-,14-;;;/m1.../s1. The largest absolute Gasteiger partial charge is 2.00 e. The number of halogens is 2. The zero-order valence-electron chi connectivity index (χ0n) is 11.0. The van der Waals surface area contributed by atoms with Crippen LogP contribution in [0.15, 0.2) is 59.4 Å². The summed E-state index contributed by atoms with van der Waals surface area (Å²) < 4.78 is 0. The van der Waals surface area contributed by atoms with Gasteiger partial charge < -0.3 is 24.8 Å². The Morgan fingerprint density at radius 3 is 2.42 bits per heavy atom. The molecule has 19 heavy (non-hydrogen) atoms. The van der Waals surface area contributed by atoms with E-state index in [0.29, 0.717) is 11.8 Å². The molecule has 2 rings (SSSR count). The van der Waals surface area contributed by atoms with Gasteiger partial charge in [0.15, 0.2) is 0 Å². The molecule has 0 saturated carbocycles. The normalized spacial score (nSPS) is 17.4. The molecule has 0 spiro atoms. The summed E-state index contributed by atoms with van der Waals surface area (Å²) >= 11 is 0. The smallest absolute Gasteiger partial charge is 1.00 e. The van der Waals surface area contributed by atoms with Gasteiger partial charge in [-0.15, -0.1) is 11.6 Å². The van der Waals surface area contributed by atoms with E-state index in [-0.39, 0.29) is 48.7 Å². The minimum absolute atomic E-state index is 0. The Bertz CT molecular complexity index is 449. The average Bonchev–Trinajstić information content (AvgIpc) is 2.39. The topological polar surface area (TPSA) is 0 Å². The Kier molecular flexibility index (Phi) is 11.5. The van der Waals surface area contributed by atoms with Crippen molar-refractivity contribution in [2.75, 3.05) is 0 Å². The van der Waals surface area contributed by atoms with Crippen LogP contribution in [-0.2, 0) is 0 Å². The van der Waals surface area contributed by atoms with E-state index in [1.165, 1.54) is 11.1 Å². The summed E-state index contributed by atoms with van der Waals surface area (Å²) in [5.74, 6) is 0.944. The van der Waals surface area contributed by atoms with E-state index < -0.39 is 0 Å². The first-order valence-electron chi connectivity index (χ1n) is 5.72. The van der Waals surface area contributed by atoms with Crippen LogP contribution >= 0.6 is 0 Å². The molecule has 0 heterocycles. The molecule has 2 aliphatic rings. The quantitative estimate of drug-likeness (QED) is 0.283. The third kappa shape index (κ3) is 5.65. The molecule has 3 heteroatoms. The molecule has 0 aromatic heterocycles. The molecule has 0 bridgehead atoms. The summed E-state index contributed by atoms with van der Waals surface area (Å²) in [4.78, 5) is 0. The molecule has 0 aromatic carbocycles. The van der Waals surface area contributed by atoms with Crippen molar-refractivity contribution in [3.05, 3.63) is 71.9 Å². The zero-order chi connectivity index (χ0) is 11.4. The van der Waals surface area contributed by atoms with Crippen molar-refractivity contribution in [1.82, 2.24) is 0 Å². The monoisotopic (exact) mass is 398 g/mol. The van der Waals surface area contributed by atoms with Crippen molar-refractivity contribution in [3.8, 4) is 0 Å². The van der Waals surface area contributed by atoms with Crippen molar-refractivity contribution < 1.29 is 24.8 Å². The first-order chi connectivity index (χ1) is 7.79. The van der Waals surface area contributed by atoms with Gasteiger partial charge in [0, 0.05) is 24.1 Å². The van der Waals surface area contributed by atoms with Gasteiger partial charge in [0.25, 0.3) is 0 Å². The fourth-order valence-electron chi connectivity index (χ4n) is 1.92. The van der Waals surface area contributed by atoms with Gasteiger partial charge >= 0.3 is 23.9 Å². The fourth-order valence-corrected chi connectivity index (χ4v) is 1.92. The predicted molar refractivity (Wildman–Crippen MR) is 74.2 cm³/mol. The first kappa shape index (κ1) is 20.9. The molecule has 98 valence electrons. The van der Waals surface area contributed by atoms with Crippen LogP contribution in [0.3, 0.4) is 0 Å². The molecule has 0 aromatic rings. The van der Waals surface area contributed by atoms with Gasteiger partial charge in [0.05, 0.1) is 6.08 Å². The van der Waals surface area contributed by atoms with Gasteiger partial charge in [-0.2, -0.15) is 18.6 Å². The average molecular weight is 398 g/mol. The van der Waals surface area contributed by atoms with E-state index in [1.807, 2.05) is 24.6 Å². The Balaban J connectivity index is 0. The van der Waals surface area contributed by atoms with Crippen LogP contribution in [0.2, 0.25) is 0 Å². The van der Waals surface area contributed by atoms with Crippen LogP contribution in [0.25, 0.3) is 0 Å². The van der Waals surface area contributed by atoms with E-state index in [2.05, 4.69) is 50.0 Å². The Labute approximate surface area is 145 Å². The molecule has 0 aliphatic heterocycles. The van der Waals surface area contributed by atoms with E-state index in [4.69, 9.17) is 0 Å². The number of rotatable bonds is 3. The van der Waals surface area contributed by atoms with Gasteiger partial charge in [-0.3, -0.25) is 5.73 Å². The van der Waals surface area contributed by atoms with Gasteiger partial charge in [0.1, 0.15) is 11.6 Å². The molecule has 0 nitrogen and oxygen atoms in total. The number of hydrogen-bond donors (Lipinski definition) is 0. The molecular formula is C16H16Cl2Sn. The van der Waals surface area contributed by atoms with E-state index in [0.717, 1.165) is 0 Å². The maximum Gasteiger partial charge on any atom is 2.00 e. The predicted octanol–water partition coefficient (Wildman–Crippen LogP) is -2.40. The second-order valence-electron chi connectivity index (χ2n) is 4.21. The summed E-state index contributed by atoms with van der Waals surface area (Å²) in [6, 6.07) is 0. The molecular weight excluding hydrogens is 382 g/mol. The Hall–Kier alpha value is -0.361. The van der Waals surface area contributed by atoms with Crippen LogP contribution < -0.4 is 24.8 Å². The van der Waals surface area contributed by atoms with Crippen LogP contribution in [0.4, 0.5) is 0 Å². The fraction of sp³-hybridized carbons (Fsp3) is 0.250. The van der Waals surface area contributed by atoms with Gasteiger partial charge in [-0.05, 0) is 5.92 Å². The number of allylic oxidation sites excluding steroid dienone is 9. The summed E-state index contributed by atoms with van der Waals surface area (Å²) in [6.45, 7) is 4.49. The number of hydrogen-bond acceptors (Lipinski definition) is 0. The minimum Gasteiger partial charge on any atom is -1.00 e. The molecule has 0 fully saturated rings.